The second kappa shape index (κ2) is 1.19. The Balaban J connectivity index is 1.98. The van der Waals surface area contributed by atoms with Crippen LogP contribution in [0.1, 0.15) is 27.2 Å². The van der Waals surface area contributed by atoms with Crippen molar-refractivity contribution in [2.75, 3.05) is 0 Å². The van der Waals surface area contributed by atoms with Gasteiger partial charge in [0, 0.05) is 0 Å². The Hall–Kier alpha value is 0. The fourth-order valence-corrected chi connectivity index (χ4v) is 4.60. The summed E-state index contributed by atoms with van der Waals surface area (Å²) < 4.78 is 0. The maximum atomic E-state index is 2.47. The molecule has 3 rings (SSSR count). The summed E-state index contributed by atoms with van der Waals surface area (Å²) >= 11 is 0. The fraction of sp³-hybridized carbons (Fsp3) is 1.00. The van der Waals surface area contributed by atoms with Gasteiger partial charge in [-0.05, 0) is 41.4 Å². The molecule has 10 heavy (non-hydrogen) atoms. The van der Waals surface area contributed by atoms with Crippen molar-refractivity contribution in [1.29, 1.82) is 0 Å². The molecule has 1 spiro atoms. The lowest BCUT2D eigenvalue weighted by atomic mass is 9.99. The largest absolute Gasteiger partial charge is 0.0622 e. The van der Waals surface area contributed by atoms with E-state index < -0.39 is 0 Å². The molecule has 0 saturated heterocycles. The van der Waals surface area contributed by atoms with Gasteiger partial charge in [0.15, 0.2) is 0 Å². The minimum absolute atomic E-state index is 0.916. The highest BCUT2D eigenvalue weighted by Gasteiger charge is 2.84. The van der Waals surface area contributed by atoms with Crippen LogP contribution in [0.25, 0.3) is 0 Å². The average molecular weight is 136 g/mol. The highest BCUT2D eigenvalue weighted by molar-refractivity contribution is 5.31. The molecular formula is C10H16. The van der Waals surface area contributed by atoms with E-state index in [1.54, 1.807) is 6.42 Å². The van der Waals surface area contributed by atoms with E-state index in [1.165, 1.54) is 0 Å². The lowest BCUT2D eigenvalue weighted by Gasteiger charge is -2.06. The molecule has 0 heterocycles. The van der Waals surface area contributed by atoms with Crippen LogP contribution >= 0.6 is 0 Å². The topological polar surface area (TPSA) is 0 Å². The predicted octanol–water partition coefficient (Wildman–Crippen LogP) is 2.54. The molecule has 3 aliphatic carbocycles. The molecular weight excluding hydrogens is 120 g/mol. The summed E-state index contributed by atoms with van der Waals surface area (Å²) in [6.45, 7) is 7.39. The fourth-order valence-electron chi connectivity index (χ4n) is 4.60. The molecule has 3 saturated carbocycles. The van der Waals surface area contributed by atoms with Crippen molar-refractivity contribution in [2.24, 2.45) is 35.0 Å². The van der Waals surface area contributed by atoms with Crippen molar-refractivity contribution in [2.45, 2.75) is 27.2 Å². The van der Waals surface area contributed by atoms with E-state index in [0.717, 1.165) is 35.0 Å². The lowest BCUT2D eigenvalue weighted by Crippen LogP contribution is -1.98. The number of hydrogen-bond acceptors (Lipinski definition) is 0. The Morgan fingerprint density at radius 2 is 1.80 bits per heavy atom. The van der Waals surface area contributed by atoms with E-state index in [9.17, 15) is 0 Å². The highest BCUT2D eigenvalue weighted by Crippen LogP contribution is 2.89. The standard InChI is InChI=1S/C10H16/c1-5-4-8-6(2)10(8)7(3)9(5)10/h5-9H,4H2,1-3H3. The molecule has 0 N–H and O–H groups in total. The van der Waals surface area contributed by atoms with E-state index in [2.05, 4.69) is 20.8 Å². The molecule has 6 unspecified atom stereocenters. The van der Waals surface area contributed by atoms with Gasteiger partial charge in [0.1, 0.15) is 0 Å². The molecule has 6 atom stereocenters. The van der Waals surface area contributed by atoms with Crippen molar-refractivity contribution in [3.8, 4) is 0 Å². The van der Waals surface area contributed by atoms with Crippen LogP contribution < -0.4 is 0 Å². The van der Waals surface area contributed by atoms with Crippen LogP contribution in [0.3, 0.4) is 0 Å². The third kappa shape index (κ3) is 0.302. The smallest absolute Gasteiger partial charge is 0.0176 e. The Labute approximate surface area is 63.0 Å². The van der Waals surface area contributed by atoms with Gasteiger partial charge in [-0.1, -0.05) is 20.8 Å². The molecule has 3 fully saturated rings. The van der Waals surface area contributed by atoms with Gasteiger partial charge in [0.25, 0.3) is 0 Å². The van der Waals surface area contributed by atoms with Gasteiger partial charge in [0.2, 0.25) is 0 Å². The molecule has 0 amide bonds. The van der Waals surface area contributed by atoms with Crippen molar-refractivity contribution >= 4 is 0 Å². The average Bonchev–Trinajstić information content (AvgIpc) is 2.54. The lowest BCUT2D eigenvalue weighted by molar-refractivity contribution is 0.436. The zero-order valence-corrected chi connectivity index (χ0v) is 7.09. The minimum Gasteiger partial charge on any atom is -0.0622 e. The Morgan fingerprint density at radius 3 is 2.20 bits per heavy atom. The van der Waals surface area contributed by atoms with Crippen LogP contribution in [0.15, 0.2) is 0 Å². The van der Waals surface area contributed by atoms with Gasteiger partial charge in [-0.3, -0.25) is 0 Å². The quantitative estimate of drug-likeness (QED) is 0.480. The van der Waals surface area contributed by atoms with Crippen LogP contribution in [0.4, 0.5) is 0 Å². The van der Waals surface area contributed by atoms with Gasteiger partial charge in [0.05, 0.1) is 0 Å². The van der Waals surface area contributed by atoms with Gasteiger partial charge in [-0.2, -0.15) is 0 Å². The van der Waals surface area contributed by atoms with Crippen LogP contribution in [0, 0.1) is 35.0 Å². The summed E-state index contributed by atoms with van der Waals surface area (Å²) in [5.74, 6) is 5.56. The predicted molar refractivity (Wildman–Crippen MR) is 41.5 cm³/mol. The van der Waals surface area contributed by atoms with E-state index in [1.807, 2.05) is 0 Å². The first-order valence-electron chi connectivity index (χ1n) is 4.70. The van der Waals surface area contributed by atoms with Crippen molar-refractivity contribution < 1.29 is 0 Å². The Kier molecular flexibility index (Phi) is 0.669. The van der Waals surface area contributed by atoms with Gasteiger partial charge >= 0.3 is 0 Å². The molecule has 0 aromatic heterocycles. The monoisotopic (exact) mass is 136 g/mol. The third-order valence-electron chi connectivity index (χ3n) is 4.96. The van der Waals surface area contributed by atoms with Gasteiger partial charge in [-0.25, -0.2) is 0 Å². The maximum Gasteiger partial charge on any atom is -0.0176 e. The van der Waals surface area contributed by atoms with Crippen molar-refractivity contribution in [1.82, 2.24) is 0 Å². The zero-order valence-electron chi connectivity index (χ0n) is 7.09. The molecule has 56 valence electrons. The SMILES string of the molecule is CC1CC2C(C)C23C(C)C13. The summed E-state index contributed by atoms with van der Waals surface area (Å²) in [4.78, 5) is 0. The molecule has 0 nitrogen and oxygen atoms in total. The highest BCUT2D eigenvalue weighted by atomic mass is 14.9. The zero-order chi connectivity index (χ0) is 7.09. The van der Waals surface area contributed by atoms with E-state index >= 15 is 0 Å². The Morgan fingerprint density at radius 1 is 1.10 bits per heavy atom. The van der Waals surface area contributed by atoms with Gasteiger partial charge in [-0.15, -0.1) is 0 Å². The molecule has 0 aromatic rings. The summed E-state index contributed by atoms with van der Waals surface area (Å²) in [7, 11) is 0. The first kappa shape index (κ1) is 5.62. The Bertz CT molecular complexity index is 196. The van der Waals surface area contributed by atoms with Crippen LogP contribution in [-0.2, 0) is 0 Å². The van der Waals surface area contributed by atoms with E-state index in [4.69, 9.17) is 0 Å². The van der Waals surface area contributed by atoms with Crippen molar-refractivity contribution in [3.63, 3.8) is 0 Å². The second-order valence-electron chi connectivity index (χ2n) is 4.92. The summed E-state index contributed by atoms with van der Waals surface area (Å²) in [6, 6.07) is 0. The maximum absolute atomic E-state index is 2.47. The molecule has 0 aromatic carbocycles. The van der Waals surface area contributed by atoms with Crippen molar-refractivity contribution in [3.05, 3.63) is 0 Å². The second-order valence-corrected chi connectivity index (χ2v) is 4.92. The number of hydrogen-bond donors (Lipinski definition) is 0. The molecule has 0 radical (unpaired) electrons. The molecule has 0 bridgehead atoms. The van der Waals surface area contributed by atoms with Gasteiger partial charge < -0.3 is 0 Å². The molecule has 0 aliphatic heterocycles. The summed E-state index contributed by atoms with van der Waals surface area (Å²) in [5.41, 5.74) is 0.916. The minimum atomic E-state index is 0.916. The van der Waals surface area contributed by atoms with Crippen LogP contribution in [0.5, 0.6) is 0 Å². The summed E-state index contributed by atoms with van der Waals surface area (Å²) in [6.07, 6.45) is 1.55. The molecule has 0 heteroatoms. The first-order valence-corrected chi connectivity index (χ1v) is 4.70. The number of rotatable bonds is 0. The summed E-state index contributed by atoms with van der Waals surface area (Å²) in [5, 5.41) is 0. The van der Waals surface area contributed by atoms with Crippen LogP contribution in [-0.4, -0.2) is 0 Å². The molecule has 3 aliphatic rings. The van der Waals surface area contributed by atoms with Crippen LogP contribution in [0.2, 0.25) is 0 Å². The van der Waals surface area contributed by atoms with E-state index in [0.29, 0.717) is 0 Å². The first-order chi connectivity index (χ1) is 4.70. The van der Waals surface area contributed by atoms with E-state index in [-0.39, 0.29) is 0 Å². The normalized spacial score (nSPS) is 76.5. The third-order valence-corrected chi connectivity index (χ3v) is 4.96.